The van der Waals surface area contributed by atoms with Gasteiger partial charge in [0.05, 0.1) is 5.76 Å². The van der Waals surface area contributed by atoms with E-state index in [2.05, 4.69) is 5.32 Å². The Morgan fingerprint density at radius 2 is 2.07 bits per heavy atom. The summed E-state index contributed by atoms with van der Waals surface area (Å²) < 4.78 is 0. The molecule has 4 N–H and O–H groups in total. The molecule has 80 valence electrons. The van der Waals surface area contributed by atoms with Crippen molar-refractivity contribution in [1.82, 2.24) is 5.32 Å². The Morgan fingerprint density at radius 3 is 2.57 bits per heavy atom. The van der Waals surface area contributed by atoms with Crippen molar-refractivity contribution in [3.8, 4) is 0 Å². The fraction of sp³-hybridized carbons (Fsp3) is 0.556. The van der Waals surface area contributed by atoms with Crippen LogP contribution in [0.1, 0.15) is 19.8 Å². The van der Waals surface area contributed by atoms with Crippen molar-refractivity contribution in [2.24, 2.45) is 5.73 Å². The number of carbonyl (C=O) groups excluding carboxylic acids is 2. The maximum absolute atomic E-state index is 11.0. The van der Waals surface area contributed by atoms with Gasteiger partial charge in [-0.05, 0) is 6.92 Å². The quantitative estimate of drug-likeness (QED) is 0.411. The number of aliphatic hydroxyl groups is 1. The van der Waals surface area contributed by atoms with Crippen molar-refractivity contribution in [3.05, 3.63) is 11.8 Å². The zero-order valence-corrected chi connectivity index (χ0v) is 8.25. The highest BCUT2D eigenvalue weighted by Crippen LogP contribution is 2.00. The standard InChI is InChI=1S/C9H16N2O3/c1-7(12)6-8(13)2-3-9(14)11-5-4-10/h6,13H,2-5,10H2,1H3,(H,11,14). The third-order valence-electron chi connectivity index (χ3n) is 1.44. The first-order chi connectivity index (χ1) is 6.56. The fourth-order valence-corrected chi connectivity index (χ4v) is 0.848. The van der Waals surface area contributed by atoms with E-state index in [1.54, 1.807) is 0 Å². The molecule has 0 fully saturated rings. The maximum atomic E-state index is 11.0. The molecule has 14 heavy (non-hydrogen) atoms. The third-order valence-corrected chi connectivity index (χ3v) is 1.44. The van der Waals surface area contributed by atoms with Crippen LogP contribution in [0.5, 0.6) is 0 Å². The molecule has 0 atom stereocenters. The minimum atomic E-state index is -0.232. The van der Waals surface area contributed by atoms with Crippen LogP contribution in [0.3, 0.4) is 0 Å². The molecule has 0 aliphatic heterocycles. The number of nitrogens with two attached hydrogens (primary N) is 1. The molecule has 0 bridgehead atoms. The largest absolute Gasteiger partial charge is 0.512 e. The number of hydrogen-bond acceptors (Lipinski definition) is 4. The van der Waals surface area contributed by atoms with E-state index in [4.69, 9.17) is 10.8 Å². The molecule has 0 spiro atoms. The molecule has 0 aliphatic rings. The van der Waals surface area contributed by atoms with Crippen molar-refractivity contribution in [1.29, 1.82) is 0 Å². The molecule has 0 aliphatic carbocycles. The Kier molecular flexibility index (Phi) is 6.39. The number of hydrogen-bond donors (Lipinski definition) is 3. The highest BCUT2D eigenvalue weighted by Gasteiger charge is 2.02. The van der Waals surface area contributed by atoms with Crippen LogP contribution in [0.2, 0.25) is 0 Å². The molecule has 0 rings (SSSR count). The monoisotopic (exact) mass is 200 g/mol. The topological polar surface area (TPSA) is 92.4 Å². The summed E-state index contributed by atoms with van der Waals surface area (Å²) in [6.45, 7) is 2.15. The van der Waals surface area contributed by atoms with Gasteiger partial charge in [0.1, 0.15) is 0 Å². The number of amides is 1. The molecular formula is C9H16N2O3. The summed E-state index contributed by atoms with van der Waals surface area (Å²) in [4.78, 5) is 21.5. The summed E-state index contributed by atoms with van der Waals surface area (Å²) in [5.41, 5.74) is 5.18. The van der Waals surface area contributed by atoms with Crippen LogP contribution in [0, 0.1) is 0 Å². The molecule has 0 saturated heterocycles. The molecule has 1 amide bonds. The van der Waals surface area contributed by atoms with Gasteiger partial charge < -0.3 is 16.2 Å². The number of nitrogens with one attached hydrogen (secondary N) is 1. The van der Waals surface area contributed by atoms with E-state index in [0.717, 1.165) is 6.08 Å². The van der Waals surface area contributed by atoms with Crippen LogP contribution in [0.4, 0.5) is 0 Å². The maximum Gasteiger partial charge on any atom is 0.220 e. The van der Waals surface area contributed by atoms with Gasteiger partial charge in [0.15, 0.2) is 5.78 Å². The summed E-state index contributed by atoms with van der Waals surface area (Å²) in [6, 6.07) is 0. The number of aliphatic hydroxyl groups excluding tert-OH is 1. The lowest BCUT2D eigenvalue weighted by Gasteiger charge is -2.02. The van der Waals surface area contributed by atoms with E-state index in [1.165, 1.54) is 6.92 Å². The van der Waals surface area contributed by atoms with E-state index in [1.807, 2.05) is 0 Å². The average Bonchev–Trinajstić information content (AvgIpc) is 2.10. The molecule has 0 aromatic rings. The normalized spacial score (nSPS) is 11.1. The van der Waals surface area contributed by atoms with E-state index in [0.29, 0.717) is 13.1 Å². The van der Waals surface area contributed by atoms with Crippen molar-refractivity contribution < 1.29 is 14.7 Å². The average molecular weight is 200 g/mol. The molecule has 0 unspecified atom stereocenters. The van der Waals surface area contributed by atoms with Gasteiger partial charge in [-0.25, -0.2) is 0 Å². The minimum Gasteiger partial charge on any atom is -0.512 e. The molecule has 0 saturated carbocycles. The summed E-state index contributed by atoms with van der Waals surface area (Å²) in [5, 5.41) is 11.7. The highest BCUT2D eigenvalue weighted by atomic mass is 16.3. The smallest absolute Gasteiger partial charge is 0.220 e. The lowest BCUT2D eigenvalue weighted by atomic mass is 10.2. The predicted molar refractivity (Wildman–Crippen MR) is 52.7 cm³/mol. The Hall–Kier alpha value is -1.36. The van der Waals surface area contributed by atoms with Crippen LogP contribution in [-0.4, -0.2) is 29.9 Å². The minimum absolute atomic E-state index is 0.0691. The van der Waals surface area contributed by atoms with E-state index < -0.39 is 0 Å². The van der Waals surface area contributed by atoms with Crippen LogP contribution < -0.4 is 11.1 Å². The third kappa shape index (κ3) is 7.30. The zero-order valence-electron chi connectivity index (χ0n) is 8.25. The zero-order chi connectivity index (χ0) is 11.0. The Labute approximate surface area is 83.0 Å². The second-order valence-corrected chi connectivity index (χ2v) is 2.88. The summed E-state index contributed by atoms with van der Waals surface area (Å²) in [7, 11) is 0. The number of ketones is 1. The first-order valence-electron chi connectivity index (χ1n) is 4.43. The van der Waals surface area contributed by atoms with Gasteiger partial charge in [-0.3, -0.25) is 9.59 Å². The van der Waals surface area contributed by atoms with E-state index in [-0.39, 0.29) is 30.3 Å². The lowest BCUT2D eigenvalue weighted by molar-refractivity contribution is -0.121. The first-order valence-corrected chi connectivity index (χ1v) is 4.43. The second-order valence-electron chi connectivity index (χ2n) is 2.88. The fourth-order valence-electron chi connectivity index (χ4n) is 0.848. The molecule has 0 heterocycles. The van der Waals surface area contributed by atoms with Crippen LogP contribution in [0.15, 0.2) is 11.8 Å². The molecule has 0 aromatic heterocycles. The van der Waals surface area contributed by atoms with Crippen LogP contribution in [-0.2, 0) is 9.59 Å². The summed E-state index contributed by atoms with van der Waals surface area (Å²) >= 11 is 0. The Morgan fingerprint density at radius 1 is 1.43 bits per heavy atom. The highest BCUT2D eigenvalue weighted by molar-refractivity contribution is 5.87. The van der Waals surface area contributed by atoms with Crippen molar-refractivity contribution >= 4 is 11.7 Å². The summed E-state index contributed by atoms with van der Waals surface area (Å²) in [6.07, 6.45) is 1.45. The Balaban J connectivity index is 3.71. The van der Waals surface area contributed by atoms with Gasteiger partial charge >= 0.3 is 0 Å². The van der Waals surface area contributed by atoms with E-state index in [9.17, 15) is 9.59 Å². The van der Waals surface area contributed by atoms with E-state index >= 15 is 0 Å². The van der Waals surface area contributed by atoms with Crippen molar-refractivity contribution in [3.63, 3.8) is 0 Å². The van der Waals surface area contributed by atoms with Gasteiger partial charge in [-0.2, -0.15) is 0 Å². The van der Waals surface area contributed by atoms with Gasteiger partial charge in [0, 0.05) is 32.0 Å². The van der Waals surface area contributed by atoms with Gasteiger partial charge in [-0.1, -0.05) is 0 Å². The summed E-state index contributed by atoms with van der Waals surface area (Å²) in [5.74, 6) is -0.482. The SMILES string of the molecule is CC(=O)C=C(O)CCC(=O)NCCN. The molecular weight excluding hydrogens is 184 g/mol. The Bertz CT molecular complexity index is 236. The predicted octanol–water partition coefficient (Wildman–Crippen LogP) is -0.128. The van der Waals surface area contributed by atoms with Crippen LogP contribution >= 0.6 is 0 Å². The van der Waals surface area contributed by atoms with Gasteiger partial charge in [-0.15, -0.1) is 0 Å². The lowest BCUT2D eigenvalue weighted by Crippen LogP contribution is -2.28. The number of carbonyl (C=O) groups is 2. The molecule has 0 radical (unpaired) electrons. The molecule has 0 aromatic carbocycles. The van der Waals surface area contributed by atoms with Crippen molar-refractivity contribution in [2.45, 2.75) is 19.8 Å². The number of allylic oxidation sites excluding steroid dienone is 2. The molecule has 5 heteroatoms. The second kappa shape index (κ2) is 7.08. The number of rotatable bonds is 6. The van der Waals surface area contributed by atoms with Gasteiger partial charge in [0.25, 0.3) is 0 Å². The van der Waals surface area contributed by atoms with Crippen LogP contribution in [0.25, 0.3) is 0 Å². The molecule has 5 nitrogen and oxygen atoms in total. The van der Waals surface area contributed by atoms with Gasteiger partial charge in [0.2, 0.25) is 5.91 Å². The first kappa shape index (κ1) is 12.6. The van der Waals surface area contributed by atoms with Crippen molar-refractivity contribution in [2.75, 3.05) is 13.1 Å².